The Morgan fingerprint density at radius 2 is 0.890 bits per heavy atom. The predicted molar refractivity (Wildman–Crippen MR) is 309 cm³/mol. The van der Waals surface area contributed by atoms with Crippen molar-refractivity contribution in [3.63, 3.8) is 0 Å². The summed E-state index contributed by atoms with van der Waals surface area (Å²) in [7, 11) is 0. The second kappa shape index (κ2) is 17.7. The van der Waals surface area contributed by atoms with E-state index in [2.05, 4.69) is 286 Å². The molecule has 13 rings (SSSR count). The van der Waals surface area contributed by atoms with Crippen LogP contribution in [0, 0.1) is 0 Å². The van der Waals surface area contributed by atoms with Gasteiger partial charge in [-0.3, -0.25) is 0 Å². The topological polar surface area (TPSA) is 6.48 Å². The third-order valence-electron chi connectivity index (χ3n) is 16.3. The van der Waals surface area contributed by atoms with Crippen molar-refractivity contribution in [1.29, 1.82) is 0 Å². The van der Waals surface area contributed by atoms with Gasteiger partial charge in [0, 0.05) is 33.5 Å². The summed E-state index contributed by atoms with van der Waals surface area (Å²) in [4.78, 5) is 4.97. The highest BCUT2D eigenvalue weighted by Crippen LogP contribution is 2.61. The summed E-state index contributed by atoms with van der Waals surface area (Å²) in [5.41, 5.74) is 21.1. The van der Waals surface area contributed by atoms with Crippen molar-refractivity contribution in [2.24, 2.45) is 0 Å². The molecule has 352 valence electrons. The second-order valence-corrected chi connectivity index (χ2v) is 21.2. The average molecular weight is 939 g/mol. The van der Waals surface area contributed by atoms with Crippen molar-refractivity contribution < 1.29 is 0 Å². The Morgan fingerprint density at radius 1 is 0.384 bits per heavy atom. The molecule has 0 saturated heterocycles. The van der Waals surface area contributed by atoms with E-state index in [-0.39, 0.29) is 16.7 Å². The normalized spacial score (nSPS) is 14.3. The third-order valence-corrected chi connectivity index (χ3v) is 16.3. The van der Waals surface area contributed by atoms with E-state index >= 15 is 0 Å². The molecule has 0 saturated carbocycles. The molecule has 2 heterocycles. The summed E-state index contributed by atoms with van der Waals surface area (Å²) < 4.78 is 0. The largest absolute Gasteiger partial charge is 0.310 e. The molecule has 1 atom stereocenters. The molecule has 0 bridgehead atoms. The van der Waals surface area contributed by atoms with Gasteiger partial charge in [-0.1, -0.05) is 216 Å². The van der Waals surface area contributed by atoms with Crippen molar-refractivity contribution in [3.8, 4) is 22.3 Å². The molecule has 1 unspecified atom stereocenters. The third kappa shape index (κ3) is 7.55. The highest BCUT2D eigenvalue weighted by atomic mass is 15.2. The zero-order valence-corrected chi connectivity index (χ0v) is 42.1. The standard InChI is InChI=1S/C71H58N2/c1-70(2)62-30-15-16-31-67(62)73-68-44-40-55(48-33-35-54(36-34-48)60(50-19-7-5-8-20-50)43-39-53-24-17-23-51-21-11-13-28-59(51)53)45-63(68)71(3,4)65-47-56(46-64(70)69(65)73)49-37-41-58(42-38-49)72(57-26-9-6-10-27-57)66-32-18-25-52-22-12-14-29-61(52)66/h5-38,40-42,44-47,60H,39,43H2,1-4H3. The van der Waals surface area contributed by atoms with E-state index in [9.17, 15) is 0 Å². The molecule has 0 amide bonds. The van der Waals surface area contributed by atoms with E-state index < -0.39 is 0 Å². The molecule has 0 fully saturated rings. The van der Waals surface area contributed by atoms with Gasteiger partial charge < -0.3 is 9.80 Å². The molecule has 0 aliphatic carbocycles. The predicted octanol–water partition coefficient (Wildman–Crippen LogP) is 19.3. The van der Waals surface area contributed by atoms with Gasteiger partial charge in [-0.2, -0.15) is 0 Å². The van der Waals surface area contributed by atoms with Crippen molar-refractivity contribution in [1.82, 2.24) is 0 Å². The molecule has 0 radical (unpaired) electrons. The number of para-hydroxylation sites is 2. The van der Waals surface area contributed by atoms with Gasteiger partial charge in [0.15, 0.2) is 0 Å². The number of hydrogen-bond donors (Lipinski definition) is 0. The fourth-order valence-corrected chi connectivity index (χ4v) is 12.4. The van der Waals surface area contributed by atoms with E-state index in [0.717, 1.165) is 29.9 Å². The number of benzene rings is 11. The molecule has 0 aromatic heterocycles. The van der Waals surface area contributed by atoms with Crippen LogP contribution in [-0.4, -0.2) is 0 Å². The van der Waals surface area contributed by atoms with Crippen molar-refractivity contribution in [2.75, 3.05) is 9.80 Å². The van der Waals surface area contributed by atoms with Crippen LogP contribution in [-0.2, 0) is 17.3 Å². The maximum absolute atomic E-state index is 2.58. The van der Waals surface area contributed by atoms with Gasteiger partial charge in [0.1, 0.15) is 0 Å². The molecule has 73 heavy (non-hydrogen) atoms. The maximum Gasteiger partial charge on any atom is 0.0544 e. The van der Waals surface area contributed by atoms with Gasteiger partial charge in [0.05, 0.1) is 22.7 Å². The van der Waals surface area contributed by atoms with Gasteiger partial charge >= 0.3 is 0 Å². The second-order valence-electron chi connectivity index (χ2n) is 21.2. The smallest absolute Gasteiger partial charge is 0.0544 e. The quantitative estimate of drug-likeness (QED) is 0.135. The summed E-state index contributed by atoms with van der Waals surface area (Å²) in [6.45, 7) is 9.70. The summed E-state index contributed by atoms with van der Waals surface area (Å²) in [6.07, 6.45) is 2.04. The number of fused-ring (bicyclic) bond motifs is 6. The van der Waals surface area contributed by atoms with Crippen molar-refractivity contribution in [2.45, 2.75) is 57.3 Å². The van der Waals surface area contributed by atoms with Gasteiger partial charge in [0.2, 0.25) is 0 Å². The van der Waals surface area contributed by atoms with Crippen LogP contribution in [0.15, 0.2) is 249 Å². The molecular formula is C71H58N2. The maximum atomic E-state index is 2.58. The molecular weight excluding hydrogens is 881 g/mol. The zero-order valence-electron chi connectivity index (χ0n) is 42.1. The van der Waals surface area contributed by atoms with Crippen LogP contribution in [0.25, 0.3) is 43.8 Å². The Morgan fingerprint density at radius 3 is 1.63 bits per heavy atom. The van der Waals surface area contributed by atoms with Crippen LogP contribution in [0.5, 0.6) is 0 Å². The number of hydrogen-bond acceptors (Lipinski definition) is 2. The summed E-state index contributed by atoms with van der Waals surface area (Å²) in [5, 5.41) is 5.11. The molecule has 0 N–H and O–H groups in total. The number of anilines is 6. The van der Waals surface area contributed by atoms with Gasteiger partial charge in [-0.05, 0) is 151 Å². The number of rotatable bonds is 10. The summed E-state index contributed by atoms with van der Waals surface area (Å²) in [6, 6.07) is 92.6. The highest BCUT2D eigenvalue weighted by Gasteiger charge is 2.46. The number of aryl methyl sites for hydroxylation is 1. The monoisotopic (exact) mass is 938 g/mol. The molecule has 2 aliphatic heterocycles. The first-order valence-electron chi connectivity index (χ1n) is 26.0. The first-order chi connectivity index (χ1) is 35.7. The first kappa shape index (κ1) is 44.5. The van der Waals surface area contributed by atoms with E-state index in [1.165, 1.54) is 99.8 Å². The molecule has 11 aromatic rings. The minimum Gasteiger partial charge on any atom is -0.310 e. The van der Waals surface area contributed by atoms with Crippen molar-refractivity contribution in [3.05, 3.63) is 288 Å². The van der Waals surface area contributed by atoms with E-state index in [0.29, 0.717) is 0 Å². The lowest BCUT2D eigenvalue weighted by molar-refractivity contribution is 0.598. The van der Waals surface area contributed by atoms with Crippen LogP contribution in [0.2, 0.25) is 0 Å². The van der Waals surface area contributed by atoms with Crippen LogP contribution in [0.3, 0.4) is 0 Å². The average Bonchev–Trinajstić information content (AvgIpc) is 3.44. The Labute approximate surface area is 430 Å². The zero-order chi connectivity index (χ0) is 49.3. The van der Waals surface area contributed by atoms with E-state index in [4.69, 9.17) is 0 Å². The molecule has 2 heteroatoms. The molecule has 2 nitrogen and oxygen atoms in total. The van der Waals surface area contributed by atoms with E-state index in [1.54, 1.807) is 0 Å². The van der Waals surface area contributed by atoms with Crippen LogP contribution in [0.1, 0.15) is 79.0 Å². The molecule has 11 aromatic carbocycles. The van der Waals surface area contributed by atoms with Gasteiger partial charge in [0.25, 0.3) is 0 Å². The molecule has 0 spiro atoms. The lowest BCUT2D eigenvalue weighted by Crippen LogP contribution is -2.38. The van der Waals surface area contributed by atoms with Gasteiger partial charge in [-0.25, -0.2) is 0 Å². The SMILES string of the molecule is CC1(C)c2ccccc2N2c3ccc(-c4ccc(C(CCc5cccc6ccccc56)c5ccccc5)cc4)cc3C(C)(C)c3cc(-c4ccc(N(c5ccccc5)c5cccc6ccccc56)cc4)cc1c32. The summed E-state index contributed by atoms with van der Waals surface area (Å²) >= 11 is 0. The minimum absolute atomic E-state index is 0.229. The van der Waals surface area contributed by atoms with Gasteiger partial charge in [-0.15, -0.1) is 0 Å². The minimum atomic E-state index is -0.303. The van der Waals surface area contributed by atoms with Crippen molar-refractivity contribution >= 4 is 55.7 Å². The number of nitrogens with zero attached hydrogens (tertiary/aromatic N) is 2. The fourth-order valence-electron chi connectivity index (χ4n) is 12.4. The summed E-state index contributed by atoms with van der Waals surface area (Å²) in [5.74, 6) is 0.281. The molecule has 2 aliphatic rings. The van der Waals surface area contributed by atoms with Crippen LogP contribution >= 0.6 is 0 Å². The Balaban J connectivity index is 0.881. The fraction of sp³-hybridized carbons (Fsp3) is 0.127. The Kier molecular flexibility index (Phi) is 10.8. The Hall–Kier alpha value is -8.46. The lowest BCUT2D eigenvalue weighted by atomic mass is 9.65. The van der Waals surface area contributed by atoms with E-state index in [1.807, 2.05) is 0 Å². The lowest BCUT2D eigenvalue weighted by Gasteiger charge is -2.50. The first-order valence-corrected chi connectivity index (χ1v) is 26.0. The van der Waals surface area contributed by atoms with Crippen LogP contribution < -0.4 is 9.80 Å². The Bertz CT molecular complexity index is 3840. The highest BCUT2D eigenvalue weighted by molar-refractivity contribution is 5.99. The van der Waals surface area contributed by atoms with Crippen LogP contribution in [0.4, 0.5) is 34.1 Å².